The summed E-state index contributed by atoms with van der Waals surface area (Å²) < 4.78 is 1.87. The first-order valence-electron chi connectivity index (χ1n) is 9.68. The van der Waals surface area contributed by atoms with Gasteiger partial charge in [-0.05, 0) is 44.4 Å². The molecule has 3 rings (SSSR count). The molecule has 0 fully saturated rings. The summed E-state index contributed by atoms with van der Waals surface area (Å²) in [5.74, 6) is -0.171. The van der Waals surface area contributed by atoms with Crippen LogP contribution in [0.5, 0.6) is 0 Å². The Labute approximate surface area is 164 Å². The molecule has 2 amide bonds. The Balaban J connectivity index is 1.84. The summed E-state index contributed by atoms with van der Waals surface area (Å²) in [7, 11) is 1.58. The standard InChI is InChI=1S/C21H27N5O2/c1-5-12-25(13-19(27)22-4)20(28)11-10-16-14(2)23-21-17-8-6-7-9-18(17)24-26(21)15(16)3/h6-9H,5,10-13H2,1-4H3,(H,22,27). The van der Waals surface area contributed by atoms with Gasteiger partial charge in [-0.15, -0.1) is 0 Å². The summed E-state index contributed by atoms with van der Waals surface area (Å²) in [6.45, 7) is 6.66. The van der Waals surface area contributed by atoms with E-state index in [0.29, 0.717) is 19.4 Å². The van der Waals surface area contributed by atoms with Crippen molar-refractivity contribution in [1.29, 1.82) is 0 Å². The van der Waals surface area contributed by atoms with Gasteiger partial charge in [0.15, 0.2) is 5.65 Å². The second-order valence-electron chi connectivity index (χ2n) is 7.00. The van der Waals surface area contributed by atoms with Crippen LogP contribution in [-0.4, -0.2) is 51.4 Å². The maximum Gasteiger partial charge on any atom is 0.239 e. The Kier molecular flexibility index (Phi) is 5.92. The lowest BCUT2D eigenvalue weighted by Crippen LogP contribution is -2.40. The Morgan fingerprint density at radius 3 is 2.68 bits per heavy atom. The second kappa shape index (κ2) is 8.37. The Morgan fingerprint density at radius 2 is 1.96 bits per heavy atom. The third-order valence-electron chi connectivity index (χ3n) is 5.07. The van der Waals surface area contributed by atoms with Gasteiger partial charge in [0.05, 0.1) is 12.1 Å². The molecule has 0 saturated carbocycles. The quantitative estimate of drug-likeness (QED) is 0.682. The predicted molar refractivity (Wildman–Crippen MR) is 109 cm³/mol. The molecule has 2 aromatic heterocycles. The van der Waals surface area contributed by atoms with Gasteiger partial charge in [0.25, 0.3) is 0 Å². The molecule has 0 aliphatic heterocycles. The molecule has 1 aromatic carbocycles. The minimum Gasteiger partial charge on any atom is -0.358 e. The van der Waals surface area contributed by atoms with Gasteiger partial charge in [0.1, 0.15) is 0 Å². The minimum atomic E-state index is -0.152. The summed E-state index contributed by atoms with van der Waals surface area (Å²) in [5, 5.41) is 8.27. The zero-order valence-electron chi connectivity index (χ0n) is 17.0. The monoisotopic (exact) mass is 381 g/mol. The third-order valence-corrected chi connectivity index (χ3v) is 5.07. The highest BCUT2D eigenvalue weighted by Gasteiger charge is 2.18. The van der Waals surface area contributed by atoms with E-state index in [1.165, 1.54) is 0 Å². The molecular formula is C21H27N5O2. The molecule has 7 nitrogen and oxygen atoms in total. The van der Waals surface area contributed by atoms with Crippen molar-refractivity contribution in [3.8, 4) is 0 Å². The zero-order chi connectivity index (χ0) is 20.3. The summed E-state index contributed by atoms with van der Waals surface area (Å²) in [6.07, 6.45) is 1.73. The van der Waals surface area contributed by atoms with Gasteiger partial charge in [-0.25, -0.2) is 9.50 Å². The lowest BCUT2D eigenvalue weighted by molar-refractivity contribution is -0.135. The van der Waals surface area contributed by atoms with Crippen molar-refractivity contribution in [1.82, 2.24) is 24.8 Å². The van der Waals surface area contributed by atoms with E-state index in [2.05, 4.69) is 10.4 Å². The van der Waals surface area contributed by atoms with E-state index in [1.54, 1.807) is 11.9 Å². The van der Waals surface area contributed by atoms with Gasteiger partial charge in [-0.2, -0.15) is 5.10 Å². The van der Waals surface area contributed by atoms with E-state index in [4.69, 9.17) is 4.98 Å². The number of aryl methyl sites for hydroxylation is 2. The van der Waals surface area contributed by atoms with Gasteiger partial charge in [-0.3, -0.25) is 9.59 Å². The van der Waals surface area contributed by atoms with Gasteiger partial charge < -0.3 is 10.2 Å². The number of carbonyl (C=O) groups excluding carboxylic acids is 2. The molecular weight excluding hydrogens is 354 g/mol. The lowest BCUT2D eigenvalue weighted by Gasteiger charge is -2.21. The Bertz CT molecular complexity index is 1020. The highest BCUT2D eigenvalue weighted by Crippen LogP contribution is 2.23. The number of amides is 2. The lowest BCUT2D eigenvalue weighted by atomic mass is 10.1. The Morgan fingerprint density at radius 1 is 1.21 bits per heavy atom. The molecule has 0 aliphatic rings. The van der Waals surface area contributed by atoms with E-state index in [0.717, 1.165) is 39.9 Å². The first-order valence-corrected chi connectivity index (χ1v) is 9.68. The largest absolute Gasteiger partial charge is 0.358 e. The molecule has 3 aromatic rings. The molecule has 0 radical (unpaired) electrons. The average molecular weight is 381 g/mol. The summed E-state index contributed by atoms with van der Waals surface area (Å²) in [6, 6.07) is 7.94. The molecule has 0 spiro atoms. The normalized spacial score (nSPS) is 11.1. The SMILES string of the molecule is CCCN(CC(=O)NC)C(=O)CCc1c(C)nc2c3ccccc3nn2c1C. The van der Waals surface area contributed by atoms with Crippen molar-refractivity contribution in [2.24, 2.45) is 0 Å². The molecule has 7 heteroatoms. The zero-order valence-corrected chi connectivity index (χ0v) is 17.0. The van der Waals surface area contributed by atoms with Crippen molar-refractivity contribution in [2.45, 2.75) is 40.0 Å². The molecule has 28 heavy (non-hydrogen) atoms. The second-order valence-corrected chi connectivity index (χ2v) is 7.00. The molecule has 0 atom stereocenters. The van der Waals surface area contributed by atoms with Gasteiger partial charge in [0.2, 0.25) is 11.8 Å². The van der Waals surface area contributed by atoms with Crippen LogP contribution in [0.1, 0.15) is 36.7 Å². The van der Waals surface area contributed by atoms with Crippen LogP contribution < -0.4 is 5.32 Å². The summed E-state index contributed by atoms with van der Waals surface area (Å²) in [5.41, 5.74) is 4.69. The number of carbonyl (C=O) groups is 2. The number of benzene rings is 1. The van der Waals surface area contributed by atoms with Crippen molar-refractivity contribution in [2.75, 3.05) is 20.1 Å². The molecule has 2 heterocycles. The number of nitrogens with zero attached hydrogens (tertiary/aromatic N) is 4. The van der Waals surface area contributed by atoms with Gasteiger partial charge in [-0.1, -0.05) is 19.1 Å². The molecule has 0 aliphatic carbocycles. The summed E-state index contributed by atoms with van der Waals surface area (Å²) in [4.78, 5) is 30.8. The predicted octanol–water partition coefficient (Wildman–Crippen LogP) is 2.42. The van der Waals surface area contributed by atoms with E-state index in [-0.39, 0.29) is 18.4 Å². The number of rotatable bonds is 7. The van der Waals surface area contributed by atoms with Crippen LogP contribution >= 0.6 is 0 Å². The van der Waals surface area contributed by atoms with Crippen LogP contribution in [-0.2, 0) is 16.0 Å². The fourth-order valence-corrected chi connectivity index (χ4v) is 3.54. The van der Waals surface area contributed by atoms with Crippen LogP contribution in [0.2, 0.25) is 0 Å². The van der Waals surface area contributed by atoms with Crippen LogP contribution in [0.25, 0.3) is 16.6 Å². The van der Waals surface area contributed by atoms with E-state index in [1.807, 2.05) is 49.6 Å². The third kappa shape index (κ3) is 3.83. The van der Waals surface area contributed by atoms with Gasteiger partial charge in [0, 0.05) is 36.8 Å². The molecule has 0 saturated heterocycles. The number of hydrogen-bond donors (Lipinski definition) is 1. The van der Waals surface area contributed by atoms with Gasteiger partial charge >= 0.3 is 0 Å². The number of fused-ring (bicyclic) bond motifs is 3. The number of nitrogens with one attached hydrogen (secondary N) is 1. The maximum atomic E-state index is 12.7. The number of likely N-dealkylation sites (N-methyl/N-ethyl adjacent to an activating group) is 1. The topological polar surface area (TPSA) is 79.6 Å². The fraction of sp³-hybridized carbons (Fsp3) is 0.429. The van der Waals surface area contributed by atoms with E-state index < -0.39 is 0 Å². The fourth-order valence-electron chi connectivity index (χ4n) is 3.54. The van der Waals surface area contributed by atoms with Crippen LogP contribution in [0.15, 0.2) is 24.3 Å². The van der Waals surface area contributed by atoms with Crippen molar-refractivity contribution < 1.29 is 9.59 Å². The highest BCUT2D eigenvalue weighted by molar-refractivity contribution is 5.92. The average Bonchev–Trinajstić information content (AvgIpc) is 3.06. The number of aromatic nitrogens is 3. The Hall–Kier alpha value is -2.96. The molecule has 148 valence electrons. The molecule has 1 N–H and O–H groups in total. The van der Waals surface area contributed by atoms with Crippen molar-refractivity contribution in [3.05, 3.63) is 41.2 Å². The van der Waals surface area contributed by atoms with Crippen molar-refractivity contribution in [3.63, 3.8) is 0 Å². The minimum absolute atomic E-state index is 0.0185. The van der Waals surface area contributed by atoms with Crippen LogP contribution in [0.3, 0.4) is 0 Å². The van der Waals surface area contributed by atoms with Crippen molar-refractivity contribution >= 4 is 28.4 Å². The van der Waals surface area contributed by atoms with E-state index in [9.17, 15) is 9.59 Å². The maximum absolute atomic E-state index is 12.7. The molecule has 0 unspecified atom stereocenters. The smallest absolute Gasteiger partial charge is 0.239 e. The van der Waals surface area contributed by atoms with Crippen LogP contribution in [0.4, 0.5) is 0 Å². The molecule has 0 bridgehead atoms. The highest BCUT2D eigenvalue weighted by atomic mass is 16.2. The van der Waals surface area contributed by atoms with Crippen LogP contribution in [0, 0.1) is 13.8 Å². The first-order chi connectivity index (χ1) is 13.5. The van der Waals surface area contributed by atoms with E-state index >= 15 is 0 Å². The summed E-state index contributed by atoms with van der Waals surface area (Å²) >= 11 is 0. The number of hydrogen-bond acceptors (Lipinski definition) is 4. The first kappa shape index (κ1) is 19.8.